The summed E-state index contributed by atoms with van der Waals surface area (Å²) in [6.45, 7) is 5.39. The Hall–Kier alpha value is -1.84. The number of nitrogens with zero attached hydrogens (tertiary/aromatic N) is 1. The molecule has 29 heavy (non-hydrogen) atoms. The van der Waals surface area contributed by atoms with Gasteiger partial charge >= 0.3 is 0 Å². The van der Waals surface area contributed by atoms with Crippen molar-refractivity contribution in [1.82, 2.24) is 4.90 Å². The minimum absolute atomic E-state index is 0.0482. The summed E-state index contributed by atoms with van der Waals surface area (Å²) in [7, 11) is 1.69. The molecule has 2 aromatic rings. The van der Waals surface area contributed by atoms with Gasteiger partial charge in [-0.1, -0.05) is 75.1 Å². The molecule has 1 aliphatic rings. The monoisotopic (exact) mass is 395 g/mol. The molecule has 0 saturated carbocycles. The summed E-state index contributed by atoms with van der Waals surface area (Å²) in [6, 6.07) is 18.7. The van der Waals surface area contributed by atoms with E-state index in [1.54, 1.807) is 7.11 Å². The van der Waals surface area contributed by atoms with E-state index in [1.165, 1.54) is 24.8 Å². The van der Waals surface area contributed by atoms with Crippen molar-refractivity contribution in [3.63, 3.8) is 0 Å². The van der Waals surface area contributed by atoms with Crippen molar-refractivity contribution in [3.8, 4) is 5.75 Å². The molecule has 1 aliphatic heterocycles. The molecule has 3 rings (SSSR count). The predicted molar refractivity (Wildman–Crippen MR) is 121 cm³/mol. The molecule has 1 saturated heterocycles. The van der Waals surface area contributed by atoms with E-state index in [-0.39, 0.29) is 5.92 Å². The van der Waals surface area contributed by atoms with Crippen LogP contribution in [-0.2, 0) is 5.60 Å². The molecule has 2 atom stereocenters. The molecule has 0 amide bonds. The van der Waals surface area contributed by atoms with E-state index < -0.39 is 5.60 Å². The summed E-state index contributed by atoms with van der Waals surface area (Å²) in [5, 5.41) is 12.2. The van der Waals surface area contributed by atoms with Crippen LogP contribution in [0.4, 0.5) is 0 Å². The minimum atomic E-state index is -0.889. The van der Waals surface area contributed by atoms with Gasteiger partial charge in [-0.3, -0.25) is 0 Å². The van der Waals surface area contributed by atoms with Crippen LogP contribution in [0.25, 0.3) is 0 Å². The molecule has 3 heteroatoms. The molecule has 158 valence electrons. The first-order valence-electron chi connectivity index (χ1n) is 11.3. The lowest BCUT2D eigenvalue weighted by molar-refractivity contribution is -0.0167. The van der Waals surface area contributed by atoms with Gasteiger partial charge < -0.3 is 14.7 Å². The van der Waals surface area contributed by atoms with E-state index >= 15 is 0 Å². The summed E-state index contributed by atoms with van der Waals surface area (Å²) >= 11 is 0. The number of benzene rings is 2. The first-order valence-corrected chi connectivity index (χ1v) is 11.3. The van der Waals surface area contributed by atoms with E-state index in [0.29, 0.717) is 0 Å². The Bertz CT molecular complexity index is 709. The maximum Gasteiger partial charge on any atom is 0.118 e. The van der Waals surface area contributed by atoms with Crippen molar-refractivity contribution in [2.45, 2.75) is 63.4 Å². The van der Waals surface area contributed by atoms with E-state index in [9.17, 15) is 5.11 Å². The Balaban J connectivity index is 1.97. The molecule has 0 radical (unpaired) electrons. The van der Waals surface area contributed by atoms with Gasteiger partial charge in [-0.25, -0.2) is 0 Å². The summed E-state index contributed by atoms with van der Waals surface area (Å²) in [5.41, 5.74) is 1.34. The molecule has 1 N–H and O–H groups in total. The number of methoxy groups -OCH3 is 1. The number of rotatable bonds is 10. The molecule has 0 aromatic heterocycles. The second-order valence-electron chi connectivity index (χ2n) is 8.43. The van der Waals surface area contributed by atoms with Crippen LogP contribution in [0.5, 0.6) is 5.75 Å². The van der Waals surface area contributed by atoms with Crippen LogP contribution >= 0.6 is 0 Å². The molecule has 0 bridgehead atoms. The average Bonchev–Trinajstić information content (AvgIpc) is 2.79. The van der Waals surface area contributed by atoms with Crippen LogP contribution in [0.1, 0.15) is 68.9 Å². The maximum atomic E-state index is 12.2. The van der Waals surface area contributed by atoms with Crippen LogP contribution in [-0.4, -0.2) is 36.8 Å². The van der Waals surface area contributed by atoms with E-state index in [0.717, 1.165) is 56.6 Å². The smallest absolute Gasteiger partial charge is 0.118 e. The third kappa shape index (κ3) is 5.61. The number of piperidine rings is 1. The van der Waals surface area contributed by atoms with Crippen LogP contribution in [0.15, 0.2) is 54.6 Å². The van der Waals surface area contributed by atoms with Crippen molar-refractivity contribution >= 4 is 0 Å². The fraction of sp³-hybridized carbons (Fsp3) is 0.538. The average molecular weight is 396 g/mol. The fourth-order valence-electron chi connectivity index (χ4n) is 4.66. The first-order chi connectivity index (χ1) is 14.2. The molecule has 1 heterocycles. The van der Waals surface area contributed by atoms with Gasteiger partial charge in [0.05, 0.1) is 12.7 Å². The lowest BCUT2D eigenvalue weighted by Gasteiger charge is -2.41. The zero-order chi connectivity index (χ0) is 20.5. The first kappa shape index (κ1) is 21.9. The highest BCUT2D eigenvalue weighted by molar-refractivity contribution is 5.35. The minimum Gasteiger partial charge on any atom is -0.497 e. The third-order valence-electron chi connectivity index (χ3n) is 6.42. The van der Waals surface area contributed by atoms with Gasteiger partial charge in [0.1, 0.15) is 5.75 Å². The second-order valence-corrected chi connectivity index (χ2v) is 8.43. The number of unbranched alkanes of at least 4 members (excludes halogenated alkanes) is 2. The van der Waals surface area contributed by atoms with Gasteiger partial charge in [-0.05, 0) is 55.6 Å². The lowest BCUT2D eigenvalue weighted by Crippen LogP contribution is -2.42. The van der Waals surface area contributed by atoms with Crippen molar-refractivity contribution in [3.05, 3.63) is 65.7 Å². The number of hydrogen-bond donors (Lipinski definition) is 1. The van der Waals surface area contributed by atoms with Crippen molar-refractivity contribution < 1.29 is 9.84 Å². The zero-order valence-corrected chi connectivity index (χ0v) is 18.1. The Morgan fingerprint density at radius 3 is 2.28 bits per heavy atom. The van der Waals surface area contributed by atoms with Crippen molar-refractivity contribution in [1.29, 1.82) is 0 Å². The Morgan fingerprint density at radius 2 is 1.66 bits per heavy atom. The van der Waals surface area contributed by atoms with Crippen LogP contribution in [0.2, 0.25) is 0 Å². The number of hydrogen-bond acceptors (Lipinski definition) is 3. The van der Waals surface area contributed by atoms with Gasteiger partial charge in [-0.15, -0.1) is 0 Å². The second kappa shape index (κ2) is 10.8. The highest BCUT2D eigenvalue weighted by atomic mass is 16.5. The molecule has 0 spiro atoms. The SMILES string of the molecule is CCCCC[C@@](O)(c1ccc(OC)cc1)[C@@H](CN1CCCCC1)c1ccccc1. The highest BCUT2D eigenvalue weighted by Gasteiger charge is 2.40. The quantitative estimate of drug-likeness (QED) is 0.521. The maximum absolute atomic E-state index is 12.2. The number of ether oxygens (including phenoxy) is 1. The third-order valence-corrected chi connectivity index (χ3v) is 6.42. The molecule has 2 aromatic carbocycles. The van der Waals surface area contributed by atoms with Gasteiger partial charge in [0.25, 0.3) is 0 Å². The lowest BCUT2D eigenvalue weighted by atomic mass is 9.73. The predicted octanol–water partition coefficient (Wildman–Crippen LogP) is 5.73. The van der Waals surface area contributed by atoms with Crippen LogP contribution in [0.3, 0.4) is 0 Å². The molecular weight excluding hydrogens is 358 g/mol. The Labute approximate surface area is 176 Å². The van der Waals surface area contributed by atoms with Gasteiger partial charge in [0, 0.05) is 12.5 Å². The van der Waals surface area contributed by atoms with Crippen molar-refractivity contribution in [2.24, 2.45) is 0 Å². The van der Waals surface area contributed by atoms with Crippen molar-refractivity contribution in [2.75, 3.05) is 26.7 Å². The molecule has 3 nitrogen and oxygen atoms in total. The summed E-state index contributed by atoms with van der Waals surface area (Å²) < 4.78 is 5.36. The van der Waals surface area contributed by atoms with Gasteiger partial charge in [0.2, 0.25) is 0 Å². The number of likely N-dealkylation sites (tertiary alicyclic amines) is 1. The fourth-order valence-corrected chi connectivity index (χ4v) is 4.66. The largest absolute Gasteiger partial charge is 0.497 e. The highest BCUT2D eigenvalue weighted by Crippen LogP contribution is 2.42. The standard InChI is InChI=1S/C26H37NO2/c1-3-4-9-18-26(28,23-14-16-24(29-2)17-15-23)25(22-12-7-5-8-13-22)21-27-19-10-6-11-20-27/h5,7-8,12-17,25,28H,3-4,6,9-11,18-21H2,1-2H3/t25-,26+/m0/s1. The normalized spacial score (nSPS) is 18.2. The number of aliphatic hydroxyl groups is 1. The molecular formula is C26H37NO2. The van der Waals surface area contributed by atoms with E-state index in [1.807, 2.05) is 12.1 Å². The summed E-state index contributed by atoms with van der Waals surface area (Å²) in [4.78, 5) is 2.55. The summed E-state index contributed by atoms with van der Waals surface area (Å²) in [6.07, 6.45) is 7.95. The molecule has 0 aliphatic carbocycles. The Kier molecular flexibility index (Phi) is 8.14. The van der Waals surface area contributed by atoms with Gasteiger partial charge in [-0.2, -0.15) is 0 Å². The van der Waals surface area contributed by atoms with E-state index in [4.69, 9.17) is 4.74 Å². The van der Waals surface area contributed by atoms with Gasteiger partial charge in [0.15, 0.2) is 0 Å². The molecule has 0 unspecified atom stereocenters. The topological polar surface area (TPSA) is 32.7 Å². The van der Waals surface area contributed by atoms with E-state index in [2.05, 4.69) is 54.3 Å². The van der Waals surface area contributed by atoms with Crippen LogP contribution < -0.4 is 4.74 Å². The Morgan fingerprint density at radius 1 is 0.966 bits per heavy atom. The molecule has 1 fully saturated rings. The van der Waals surface area contributed by atoms with Crippen LogP contribution in [0, 0.1) is 0 Å². The zero-order valence-electron chi connectivity index (χ0n) is 18.1. The summed E-state index contributed by atoms with van der Waals surface area (Å²) in [5.74, 6) is 0.879.